The molecule has 1 aliphatic rings. The van der Waals surface area contributed by atoms with E-state index < -0.39 is 5.82 Å². The number of halogens is 2. The summed E-state index contributed by atoms with van der Waals surface area (Å²) < 4.78 is 14.4. The van der Waals surface area contributed by atoms with Crippen molar-refractivity contribution in [1.29, 1.82) is 0 Å². The Hall–Kier alpha value is -1.88. The molecule has 3 nitrogen and oxygen atoms in total. The molecule has 0 bridgehead atoms. The maximum atomic E-state index is 13.7. The fourth-order valence-electron chi connectivity index (χ4n) is 2.33. The number of hydrogen-bond donors (Lipinski definition) is 2. The summed E-state index contributed by atoms with van der Waals surface area (Å²) in [4.78, 5) is 12.3. The number of rotatable bonds is 2. The Balaban J connectivity index is 1.83. The Morgan fingerprint density at radius 1 is 1.30 bits per heavy atom. The third-order valence-corrected chi connectivity index (χ3v) is 3.83. The molecule has 2 aromatic carbocycles. The first kappa shape index (κ1) is 13.1. The second-order valence-electron chi connectivity index (χ2n) is 4.63. The molecule has 1 unspecified atom stereocenters. The molecule has 0 aromatic heterocycles. The van der Waals surface area contributed by atoms with E-state index in [9.17, 15) is 9.18 Å². The van der Waals surface area contributed by atoms with Crippen molar-refractivity contribution in [2.45, 2.75) is 5.92 Å². The van der Waals surface area contributed by atoms with E-state index in [0.717, 1.165) is 15.7 Å². The Morgan fingerprint density at radius 2 is 2.10 bits per heavy atom. The third-order valence-electron chi connectivity index (χ3n) is 3.34. The van der Waals surface area contributed by atoms with E-state index in [0.29, 0.717) is 6.54 Å². The van der Waals surface area contributed by atoms with E-state index in [1.165, 1.54) is 6.07 Å². The molecule has 0 aliphatic carbocycles. The quantitative estimate of drug-likeness (QED) is 0.878. The molecule has 20 heavy (non-hydrogen) atoms. The average Bonchev–Trinajstić information content (AvgIpc) is 2.87. The zero-order valence-corrected chi connectivity index (χ0v) is 12.1. The van der Waals surface area contributed by atoms with E-state index >= 15 is 0 Å². The maximum absolute atomic E-state index is 13.7. The van der Waals surface area contributed by atoms with Crippen LogP contribution in [0.1, 0.15) is 11.5 Å². The first-order valence-corrected chi connectivity index (χ1v) is 7.03. The fourth-order valence-corrected chi connectivity index (χ4v) is 2.69. The highest BCUT2D eigenvalue weighted by Gasteiger charge is 2.28. The van der Waals surface area contributed by atoms with Gasteiger partial charge in [0.05, 0.1) is 11.6 Å². The van der Waals surface area contributed by atoms with Gasteiger partial charge in [-0.05, 0) is 29.8 Å². The van der Waals surface area contributed by atoms with Gasteiger partial charge in [-0.15, -0.1) is 0 Å². The van der Waals surface area contributed by atoms with Crippen molar-refractivity contribution in [1.82, 2.24) is 0 Å². The Bertz CT molecular complexity index is 675. The summed E-state index contributed by atoms with van der Waals surface area (Å²) in [5, 5.41) is 5.83. The van der Waals surface area contributed by atoms with Gasteiger partial charge in [-0.2, -0.15) is 0 Å². The third kappa shape index (κ3) is 2.41. The number of fused-ring (bicyclic) bond motifs is 1. The van der Waals surface area contributed by atoms with E-state index in [-0.39, 0.29) is 17.5 Å². The Morgan fingerprint density at radius 3 is 2.95 bits per heavy atom. The van der Waals surface area contributed by atoms with Crippen molar-refractivity contribution in [3.05, 3.63) is 58.3 Å². The highest BCUT2D eigenvalue weighted by Crippen LogP contribution is 2.32. The topological polar surface area (TPSA) is 41.1 Å². The fraction of sp³-hybridized carbons (Fsp3) is 0.133. The van der Waals surface area contributed by atoms with Gasteiger partial charge in [-0.25, -0.2) is 4.39 Å². The normalized spacial score (nSPS) is 16.4. The molecule has 1 aliphatic heterocycles. The van der Waals surface area contributed by atoms with Crippen LogP contribution in [0.5, 0.6) is 0 Å². The average molecular weight is 335 g/mol. The van der Waals surface area contributed by atoms with Crippen LogP contribution < -0.4 is 10.6 Å². The van der Waals surface area contributed by atoms with Crippen LogP contribution in [0, 0.1) is 5.82 Å². The van der Waals surface area contributed by atoms with Crippen LogP contribution in [0.2, 0.25) is 0 Å². The molecule has 1 heterocycles. The van der Waals surface area contributed by atoms with Gasteiger partial charge in [0.1, 0.15) is 5.82 Å². The van der Waals surface area contributed by atoms with E-state index in [1.807, 2.05) is 24.3 Å². The lowest BCUT2D eigenvalue weighted by atomic mass is 10.0. The van der Waals surface area contributed by atoms with Crippen molar-refractivity contribution in [2.75, 3.05) is 17.2 Å². The van der Waals surface area contributed by atoms with Gasteiger partial charge in [-0.3, -0.25) is 4.79 Å². The smallest absolute Gasteiger partial charge is 0.233 e. The summed E-state index contributed by atoms with van der Waals surface area (Å²) in [6.07, 6.45) is 0. The molecule has 1 amide bonds. The molecule has 3 rings (SSSR count). The number of anilines is 2. The lowest BCUT2D eigenvalue weighted by molar-refractivity contribution is -0.117. The molecule has 0 saturated heterocycles. The number of hydrogen-bond acceptors (Lipinski definition) is 2. The first-order chi connectivity index (χ1) is 9.65. The van der Waals surface area contributed by atoms with Gasteiger partial charge in [0.2, 0.25) is 5.91 Å². The SMILES string of the molecule is O=C(Nc1cc(Br)ccc1F)C1CNc2ccccc21. The van der Waals surface area contributed by atoms with Crippen LogP contribution in [0.3, 0.4) is 0 Å². The minimum absolute atomic E-state index is 0.189. The van der Waals surface area contributed by atoms with Crippen molar-refractivity contribution >= 4 is 33.2 Å². The van der Waals surface area contributed by atoms with Crippen molar-refractivity contribution in [2.24, 2.45) is 0 Å². The van der Waals surface area contributed by atoms with Gasteiger partial charge in [0.25, 0.3) is 0 Å². The van der Waals surface area contributed by atoms with E-state index in [1.54, 1.807) is 12.1 Å². The van der Waals surface area contributed by atoms with Gasteiger partial charge in [-0.1, -0.05) is 34.1 Å². The lowest BCUT2D eigenvalue weighted by Crippen LogP contribution is -2.23. The van der Waals surface area contributed by atoms with Crippen LogP contribution in [0.25, 0.3) is 0 Å². The van der Waals surface area contributed by atoms with Gasteiger partial charge in [0, 0.05) is 16.7 Å². The molecule has 0 saturated carbocycles. The largest absolute Gasteiger partial charge is 0.384 e. The minimum Gasteiger partial charge on any atom is -0.384 e. The summed E-state index contributed by atoms with van der Waals surface area (Å²) in [6, 6.07) is 12.1. The number of amides is 1. The molecular weight excluding hydrogens is 323 g/mol. The zero-order valence-electron chi connectivity index (χ0n) is 10.5. The van der Waals surface area contributed by atoms with Crippen LogP contribution in [0.15, 0.2) is 46.9 Å². The summed E-state index contributed by atoms with van der Waals surface area (Å²) in [5.41, 5.74) is 2.09. The molecule has 2 N–H and O–H groups in total. The second-order valence-corrected chi connectivity index (χ2v) is 5.55. The predicted octanol–water partition coefficient (Wildman–Crippen LogP) is 3.74. The van der Waals surface area contributed by atoms with E-state index in [4.69, 9.17) is 0 Å². The lowest BCUT2D eigenvalue weighted by Gasteiger charge is -2.12. The standard InChI is InChI=1S/C15H12BrFN2O/c16-9-5-6-12(17)14(7-9)19-15(20)11-8-18-13-4-2-1-3-10(11)13/h1-7,11,18H,8H2,(H,19,20). The van der Waals surface area contributed by atoms with Crippen molar-refractivity contribution < 1.29 is 9.18 Å². The van der Waals surface area contributed by atoms with Crippen LogP contribution in [0.4, 0.5) is 15.8 Å². The minimum atomic E-state index is -0.444. The number of para-hydroxylation sites is 1. The Kier molecular flexibility index (Phi) is 3.44. The first-order valence-electron chi connectivity index (χ1n) is 6.24. The summed E-state index contributed by atoms with van der Waals surface area (Å²) in [7, 11) is 0. The van der Waals surface area contributed by atoms with Gasteiger partial charge >= 0.3 is 0 Å². The van der Waals surface area contributed by atoms with Crippen molar-refractivity contribution in [3.63, 3.8) is 0 Å². The van der Waals surface area contributed by atoms with E-state index in [2.05, 4.69) is 26.6 Å². The molecule has 0 fully saturated rings. The number of nitrogens with one attached hydrogen (secondary N) is 2. The molecule has 1 atom stereocenters. The molecule has 2 aromatic rings. The number of carbonyl (C=O) groups is 1. The summed E-state index contributed by atoms with van der Waals surface area (Å²) in [5.74, 6) is -0.954. The Labute approximate surface area is 124 Å². The summed E-state index contributed by atoms with van der Waals surface area (Å²) >= 11 is 3.27. The molecule has 102 valence electrons. The molecule has 5 heteroatoms. The van der Waals surface area contributed by atoms with Crippen LogP contribution in [-0.4, -0.2) is 12.5 Å². The highest BCUT2D eigenvalue weighted by atomic mass is 79.9. The predicted molar refractivity (Wildman–Crippen MR) is 80.4 cm³/mol. The molecule has 0 radical (unpaired) electrons. The van der Waals surface area contributed by atoms with Gasteiger partial charge < -0.3 is 10.6 Å². The molecule has 0 spiro atoms. The van der Waals surface area contributed by atoms with Crippen molar-refractivity contribution in [3.8, 4) is 0 Å². The second kappa shape index (κ2) is 5.25. The monoisotopic (exact) mass is 334 g/mol. The van der Waals surface area contributed by atoms with Gasteiger partial charge in [0.15, 0.2) is 0 Å². The highest BCUT2D eigenvalue weighted by molar-refractivity contribution is 9.10. The molecular formula is C15H12BrFN2O. The van der Waals surface area contributed by atoms with Crippen LogP contribution >= 0.6 is 15.9 Å². The maximum Gasteiger partial charge on any atom is 0.233 e. The zero-order chi connectivity index (χ0) is 14.1. The van der Waals surface area contributed by atoms with Crippen LogP contribution in [-0.2, 0) is 4.79 Å². The number of benzene rings is 2. The summed E-state index contributed by atoms with van der Waals surface area (Å²) in [6.45, 7) is 0.529. The number of carbonyl (C=O) groups excluding carboxylic acids is 1.